The summed E-state index contributed by atoms with van der Waals surface area (Å²) < 4.78 is 5.88. The maximum atomic E-state index is 12.9. The van der Waals surface area contributed by atoms with Crippen molar-refractivity contribution in [1.82, 2.24) is 5.32 Å². The lowest BCUT2D eigenvalue weighted by molar-refractivity contribution is -0.123. The summed E-state index contributed by atoms with van der Waals surface area (Å²) in [6.45, 7) is 11.0. The molecule has 2 saturated carbocycles. The van der Waals surface area contributed by atoms with Crippen LogP contribution >= 0.6 is 0 Å². The van der Waals surface area contributed by atoms with Gasteiger partial charge < -0.3 is 15.2 Å². The van der Waals surface area contributed by atoms with Gasteiger partial charge in [0.2, 0.25) is 5.91 Å². The minimum atomic E-state index is -0.842. The first-order chi connectivity index (χ1) is 14.0. The molecule has 0 bridgehead atoms. The van der Waals surface area contributed by atoms with Crippen molar-refractivity contribution >= 4 is 5.91 Å². The van der Waals surface area contributed by atoms with Crippen molar-refractivity contribution in [2.45, 2.75) is 78.0 Å². The number of nitrogens with one attached hydrogen (secondary N) is 1. The molecular weight excluding hydrogens is 374 g/mol. The summed E-state index contributed by atoms with van der Waals surface area (Å²) in [4.78, 5) is 12.9. The number of hydrogen-bond acceptors (Lipinski definition) is 3. The van der Waals surface area contributed by atoms with Crippen LogP contribution in [-0.4, -0.2) is 29.4 Å². The summed E-state index contributed by atoms with van der Waals surface area (Å²) in [5.41, 5.74) is 0.744. The van der Waals surface area contributed by atoms with Gasteiger partial charge in [-0.25, -0.2) is 0 Å². The van der Waals surface area contributed by atoms with Gasteiger partial charge in [-0.05, 0) is 75.5 Å². The maximum absolute atomic E-state index is 12.9. The number of aliphatic hydroxyl groups is 1. The van der Waals surface area contributed by atoms with Crippen molar-refractivity contribution in [1.29, 1.82) is 0 Å². The first-order valence-electron chi connectivity index (χ1n) is 11.6. The molecule has 1 heterocycles. The van der Waals surface area contributed by atoms with Crippen LogP contribution in [0.5, 0.6) is 0 Å². The van der Waals surface area contributed by atoms with Crippen LogP contribution in [0.3, 0.4) is 0 Å². The fraction of sp³-hybridized carbons (Fsp3) is 0.731. The van der Waals surface area contributed by atoms with Crippen molar-refractivity contribution in [3.05, 3.63) is 35.5 Å². The number of carbonyl (C=O) groups excluding carboxylic acids is 1. The number of hydrogen-bond donors (Lipinski definition) is 2. The van der Waals surface area contributed by atoms with E-state index in [9.17, 15) is 9.90 Å². The zero-order chi connectivity index (χ0) is 21.9. The van der Waals surface area contributed by atoms with E-state index in [0.717, 1.165) is 18.4 Å². The van der Waals surface area contributed by atoms with E-state index in [1.54, 1.807) is 7.11 Å². The van der Waals surface area contributed by atoms with Gasteiger partial charge in [-0.3, -0.25) is 4.79 Å². The molecule has 0 radical (unpaired) electrons. The molecule has 4 rings (SSSR count). The molecular formula is C26H39NO3. The lowest BCUT2D eigenvalue weighted by Crippen LogP contribution is -2.46. The second-order valence-electron chi connectivity index (χ2n) is 11.2. The van der Waals surface area contributed by atoms with Gasteiger partial charge in [0.1, 0.15) is 0 Å². The summed E-state index contributed by atoms with van der Waals surface area (Å²) in [5.74, 6) is 1.60. The van der Waals surface area contributed by atoms with Gasteiger partial charge >= 0.3 is 0 Å². The fourth-order valence-electron chi connectivity index (χ4n) is 7.32. The molecule has 1 aliphatic heterocycles. The third-order valence-electron chi connectivity index (χ3n) is 8.87. The van der Waals surface area contributed by atoms with Crippen molar-refractivity contribution < 1.29 is 14.6 Å². The molecule has 8 atom stereocenters. The first-order valence-corrected chi connectivity index (χ1v) is 11.6. The van der Waals surface area contributed by atoms with E-state index < -0.39 is 11.3 Å². The lowest BCUT2D eigenvalue weighted by Gasteiger charge is -2.42. The summed E-state index contributed by atoms with van der Waals surface area (Å²) in [6.07, 6.45) is 13.7. The highest BCUT2D eigenvalue weighted by Gasteiger charge is 2.67. The molecule has 0 aromatic heterocycles. The Bertz CT molecular complexity index is 805. The van der Waals surface area contributed by atoms with E-state index in [1.165, 1.54) is 18.4 Å². The normalized spacial score (nSPS) is 47.7. The van der Waals surface area contributed by atoms with Crippen LogP contribution < -0.4 is 5.32 Å². The highest BCUT2D eigenvalue weighted by molar-refractivity contribution is 5.97. The van der Waals surface area contributed by atoms with E-state index in [2.05, 4.69) is 57.3 Å². The highest BCUT2D eigenvalue weighted by Crippen LogP contribution is 2.63. The van der Waals surface area contributed by atoms with Gasteiger partial charge in [0.05, 0.1) is 5.60 Å². The van der Waals surface area contributed by atoms with Crippen LogP contribution in [0.15, 0.2) is 35.5 Å². The van der Waals surface area contributed by atoms with Gasteiger partial charge in [0, 0.05) is 25.0 Å². The second kappa shape index (κ2) is 7.34. The Labute approximate surface area is 181 Å². The summed E-state index contributed by atoms with van der Waals surface area (Å²) >= 11 is 0. The molecule has 3 fully saturated rings. The molecule has 0 aromatic rings. The van der Waals surface area contributed by atoms with E-state index in [-0.39, 0.29) is 23.2 Å². The number of amides is 1. The number of allylic oxidation sites excluding steroid dienone is 5. The minimum Gasteiger partial charge on any atom is -0.390 e. The average Bonchev–Trinajstić information content (AvgIpc) is 3.16. The Morgan fingerprint density at radius 1 is 1.33 bits per heavy atom. The molecule has 166 valence electrons. The average molecular weight is 414 g/mol. The highest BCUT2D eigenvalue weighted by atomic mass is 16.5. The summed E-state index contributed by atoms with van der Waals surface area (Å²) in [6, 6.07) is 0. The summed E-state index contributed by atoms with van der Waals surface area (Å²) in [5, 5.41) is 14.5. The molecule has 4 nitrogen and oxygen atoms in total. The topological polar surface area (TPSA) is 58.6 Å². The Kier molecular flexibility index (Phi) is 5.34. The third-order valence-corrected chi connectivity index (χ3v) is 8.87. The molecule has 2 N–H and O–H groups in total. The number of rotatable bonds is 4. The smallest absolute Gasteiger partial charge is 0.249 e. The van der Waals surface area contributed by atoms with Crippen LogP contribution in [0.25, 0.3) is 0 Å². The summed E-state index contributed by atoms with van der Waals surface area (Å²) in [7, 11) is 1.66. The standard InChI is InChI=1S/C26H39NO3/c1-16(2)8-7-9-17(3)18-12-13-24(4)14-21-22-19(10-11-20(18)24)23(28)27-26(22,30-6)15-25(21,5)29/h7-10,17-18,20-22,29H,11-15H2,1-6H3,(H,27,28)/b9-7-,19-10+/t17-,18+,20-,21-,22-,24+,25+,26-/m0/s1. The molecule has 1 saturated heterocycles. The zero-order valence-corrected chi connectivity index (χ0v) is 19.5. The number of methoxy groups -OCH3 is 1. The maximum Gasteiger partial charge on any atom is 0.249 e. The lowest BCUT2D eigenvalue weighted by atomic mass is 9.63. The van der Waals surface area contributed by atoms with Crippen LogP contribution in [0.4, 0.5) is 0 Å². The van der Waals surface area contributed by atoms with Gasteiger partial charge in [0.25, 0.3) is 0 Å². The second-order valence-corrected chi connectivity index (χ2v) is 11.2. The van der Waals surface area contributed by atoms with Crippen molar-refractivity contribution in [3.63, 3.8) is 0 Å². The molecule has 3 aliphatic carbocycles. The molecule has 30 heavy (non-hydrogen) atoms. The minimum absolute atomic E-state index is 0.00278. The third kappa shape index (κ3) is 3.31. The molecule has 0 unspecified atom stereocenters. The van der Waals surface area contributed by atoms with Crippen LogP contribution in [-0.2, 0) is 9.53 Å². The molecule has 1 amide bonds. The number of ether oxygens (including phenoxy) is 1. The Hall–Kier alpha value is -1.39. The van der Waals surface area contributed by atoms with E-state index in [1.807, 2.05) is 6.92 Å². The van der Waals surface area contributed by atoms with Gasteiger partial charge in [-0.15, -0.1) is 0 Å². The van der Waals surface area contributed by atoms with Crippen molar-refractivity contribution in [2.75, 3.05) is 7.11 Å². The Balaban J connectivity index is 1.69. The predicted molar refractivity (Wildman–Crippen MR) is 119 cm³/mol. The Morgan fingerprint density at radius 2 is 2.07 bits per heavy atom. The molecule has 0 spiro atoms. The fourth-order valence-corrected chi connectivity index (χ4v) is 7.32. The molecule has 4 aliphatic rings. The zero-order valence-electron chi connectivity index (χ0n) is 19.5. The van der Waals surface area contributed by atoms with Crippen LogP contribution in [0, 0.1) is 35.0 Å². The SMILES string of the molecule is CO[C@]12C[C@@](C)(O)[C@H]3C[C@@]4(C)CC[C@H]([C@@H](C)/C=C\C=C(C)C)[C@@H]4C/C=C(/C(=O)N1)[C@@H]32. The molecule has 4 heteroatoms. The first kappa shape index (κ1) is 21.8. The predicted octanol–water partition coefficient (Wildman–Crippen LogP) is 4.76. The van der Waals surface area contributed by atoms with Crippen LogP contribution in [0.1, 0.15) is 66.7 Å². The van der Waals surface area contributed by atoms with Gasteiger partial charge in [-0.1, -0.05) is 43.7 Å². The molecule has 0 aromatic carbocycles. The van der Waals surface area contributed by atoms with E-state index >= 15 is 0 Å². The van der Waals surface area contributed by atoms with Crippen molar-refractivity contribution in [3.8, 4) is 0 Å². The van der Waals surface area contributed by atoms with Crippen molar-refractivity contribution in [2.24, 2.45) is 35.0 Å². The monoisotopic (exact) mass is 413 g/mol. The van der Waals surface area contributed by atoms with E-state index in [0.29, 0.717) is 24.2 Å². The largest absolute Gasteiger partial charge is 0.390 e. The number of carbonyl (C=O) groups is 1. The number of fused-ring (bicyclic) bond motifs is 1. The van der Waals surface area contributed by atoms with Crippen LogP contribution in [0.2, 0.25) is 0 Å². The van der Waals surface area contributed by atoms with Gasteiger partial charge in [0.15, 0.2) is 5.72 Å². The van der Waals surface area contributed by atoms with Gasteiger partial charge in [-0.2, -0.15) is 0 Å². The quantitative estimate of drug-likeness (QED) is 0.654. The van der Waals surface area contributed by atoms with E-state index in [4.69, 9.17) is 4.74 Å². The Morgan fingerprint density at radius 3 is 2.73 bits per heavy atom.